The van der Waals surface area contributed by atoms with Crippen LogP contribution in [0.3, 0.4) is 0 Å². The normalized spacial score (nSPS) is 20.8. The number of hydrogen-bond donors (Lipinski definition) is 0. The van der Waals surface area contributed by atoms with E-state index in [1.54, 1.807) is 12.2 Å². The van der Waals surface area contributed by atoms with Gasteiger partial charge in [0.15, 0.2) is 11.6 Å². The van der Waals surface area contributed by atoms with E-state index in [1.807, 2.05) is 12.2 Å². The highest BCUT2D eigenvalue weighted by molar-refractivity contribution is 5.90. The van der Waals surface area contributed by atoms with E-state index >= 15 is 0 Å². The Labute approximate surface area is 97.4 Å². The lowest BCUT2D eigenvalue weighted by Gasteiger charge is -1.86. The smallest absolute Gasteiger partial charge is 0.155 e. The van der Waals surface area contributed by atoms with E-state index in [2.05, 4.69) is 0 Å². The zero-order valence-electron chi connectivity index (χ0n) is 9.78. The highest BCUT2D eigenvalue weighted by Gasteiger charge is 1.99. The summed E-state index contributed by atoms with van der Waals surface area (Å²) >= 11 is 0. The summed E-state index contributed by atoms with van der Waals surface area (Å²) in [7, 11) is 0. The van der Waals surface area contributed by atoms with Gasteiger partial charge in [0, 0.05) is 12.8 Å². The van der Waals surface area contributed by atoms with Gasteiger partial charge in [0.2, 0.25) is 0 Å². The first-order chi connectivity index (χ1) is 7.79. The second kappa shape index (κ2) is 8.03. The van der Waals surface area contributed by atoms with Gasteiger partial charge in [-0.05, 0) is 50.7 Å². The number of allylic oxidation sites excluding steroid dienone is 4. The molecular formula is C14H20O2. The number of ketones is 2. The molecule has 0 spiro atoms. The predicted octanol–water partition coefficient (Wildman–Crippen LogP) is 3.37. The minimum Gasteiger partial charge on any atom is -0.295 e. The van der Waals surface area contributed by atoms with Crippen LogP contribution in [0.15, 0.2) is 24.3 Å². The molecule has 0 fully saturated rings. The molecule has 0 saturated carbocycles. The fourth-order valence-corrected chi connectivity index (χ4v) is 1.72. The van der Waals surface area contributed by atoms with Crippen LogP contribution in [0, 0.1) is 0 Å². The van der Waals surface area contributed by atoms with E-state index in [4.69, 9.17) is 0 Å². The lowest BCUT2D eigenvalue weighted by Crippen LogP contribution is -1.87. The lowest BCUT2D eigenvalue weighted by atomic mass is 10.2. The van der Waals surface area contributed by atoms with Crippen molar-refractivity contribution < 1.29 is 9.59 Å². The van der Waals surface area contributed by atoms with Crippen LogP contribution in [0.2, 0.25) is 0 Å². The largest absolute Gasteiger partial charge is 0.295 e. The summed E-state index contributed by atoms with van der Waals surface area (Å²) < 4.78 is 0. The summed E-state index contributed by atoms with van der Waals surface area (Å²) in [5.41, 5.74) is 0. The maximum Gasteiger partial charge on any atom is 0.155 e. The van der Waals surface area contributed by atoms with Gasteiger partial charge in [0.25, 0.3) is 0 Å². The van der Waals surface area contributed by atoms with Crippen molar-refractivity contribution in [1.29, 1.82) is 0 Å². The Bertz CT molecular complexity index is 257. The number of carbonyl (C=O) groups excluding carboxylic acids is 2. The summed E-state index contributed by atoms with van der Waals surface area (Å²) in [6, 6.07) is 0. The molecule has 0 saturated heterocycles. The maximum atomic E-state index is 10.6. The van der Waals surface area contributed by atoms with Crippen molar-refractivity contribution in [1.82, 2.24) is 0 Å². The third kappa shape index (κ3) is 6.33. The molecule has 0 aliphatic heterocycles. The fourth-order valence-electron chi connectivity index (χ4n) is 1.72. The van der Waals surface area contributed by atoms with Crippen LogP contribution < -0.4 is 0 Å². The van der Waals surface area contributed by atoms with Crippen molar-refractivity contribution >= 4 is 11.6 Å². The van der Waals surface area contributed by atoms with Crippen LogP contribution in [0.4, 0.5) is 0 Å². The van der Waals surface area contributed by atoms with Crippen molar-refractivity contribution in [3.05, 3.63) is 24.3 Å². The molecule has 2 nitrogen and oxygen atoms in total. The lowest BCUT2D eigenvalue weighted by molar-refractivity contribution is -0.115. The Hall–Kier alpha value is -1.18. The van der Waals surface area contributed by atoms with E-state index in [0.29, 0.717) is 11.6 Å². The maximum absolute atomic E-state index is 10.6. The average Bonchev–Trinajstić information content (AvgIpc) is 2.64. The Balaban J connectivity index is 0.000000160. The van der Waals surface area contributed by atoms with Crippen LogP contribution in [0.5, 0.6) is 0 Å². The van der Waals surface area contributed by atoms with E-state index < -0.39 is 0 Å². The van der Waals surface area contributed by atoms with Crippen molar-refractivity contribution in [2.75, 3.05) is 0 Å². The van der Waals surface area contributed by atoms with Crippen molar-refractivity contribution in [3.63, 3.8) is 0 Å². The summed E-state index contributed by atoms with van der Waals surface area (Å²) in [5, 5.41) is 0. The second-order valence-corrected chi connectivity index (χ2v) is 4.23. The van der Waals surface area contributed by atoms with Crippen molar-refractivity contribution in [3.8, 4) is 0 Å². The molecule has 0 heterocycles. The standard InChI is InChI=1S/2C7H10O/c2*8-7-5-3-1-2-4-6-7/h2*3,5H,1-2,4,6H2. The van der Waals surface area contributed by atoms with Crippen molar-refractivity contribution in [2.45, 2.75) is 51.4 Å². The van der Waals surface area contributed by atoms with Gasteiger partial charge in [0.1, 0.15) is 0 Å². The van der Waals surface area contributed by atoms with E-state index in [0.717, 1.165) is 38.5 Å². The monoisotopic (exact) mass is 220 g/mol. The Morgan fingerprint density at radius 1 is 0.688 bits per heavy atom. The van der Waals surface area contributed by atoms with E-state index in [-0.39, 0.29) is 0 Å². The molecule has 2 aliphatic rings. The van der Waals surface area contributed by atoms with E-state index in [1.165, 1.54) is 12.8 Å². The number of carbonyl (C=O) groups is 2. The molecule has 0 unspecified atom stereocenters. The van der Waals surface area contributed by atoms with Crippen LogP contribution >= 0.6 is 0 Å². The molecule has 2 aliphatic carbocycles. The number of hydrogen-bond acceptors (Lipinski definition) is 2. The third-order valence-corrected chi connectivity index (χ3v) is 2.70. The van der Waals surface area contributed by atoms with Gasteiger partial charge in [-0.3, -0.25) is 9.59 Å². The first kappa shape index (κ1) is 12.9. The summed E-state index contributed by atoms with van der Waals surface area (Å²) in [4.78, 5) is 21.2. The van der Waals surface area contributed by atoms with Gasteiger partial charge >= 0.3 is 0 Å². The molecule has 0 aromatic carbocycles. The first-order valence-electron chi connectivity index (χ1n) is 6.18. The summed E-state index contributed by atoms with van der Waals surface area (Å²) in [6.07, 6.45) is 15.6. The molecule has 0 aromatic rings. The molecule has 16 heavy (non-hydrogen) atoms. The molecule has 0 amide bonds. The second-order valence-electron chi connectivity index (χ2n) is 4.23. The highest BCUT2D eigenvalue weighted by Crippen LogP contribution is 2.07. The molecule has 2 heteroatoms. The summed E-state index contributed by atoms with van der Waals surface area (Å²) in [6.45, 7) is 0. The molecule has 0 atom stereocenters. The molecule has 0 radical (unpaired) electrons. The molecule has 0 N–H and O–H groups in total. The minimum atomic E-state index is 0.294. The SMILES string of the molecule is O=C1C=CCCCC1.O=C1C=CCCCC1. The predicted molar refractivity (Wildman–Crippen MR) is 65.2 cm³/mol. The Morgan fingerprint density at radius 3 is 1.56 bits per heavy atom. The summed E-state index contributed by atoms with van der Waals surface area (Å²) in [5.74, 6) is 0.588. The van der Waals surface area contributed by atoms with Crippen LogP contribution in [-0.2, 0) is 9.59 Å². The Kier molecular flexibility index (Phi) is 6.47. The zero-order valence-corrected chi connectivity index (χ0v) is 9.78. The van der Waals surface area contributed by atoms with Crippen LogP contribution in [0.1, 0.15) is 51.4 Å². The van der Waals surface area contributed by atoms with Crippen LogP contribution in [-0.4, -0.2) is 11.6 Å². The van der Waals surface area contributed by atoms with E-state index in [9.17, 15) is 9.59 Å². The third-order valence-electron chi connectivity index (χ3n) is 2.70. The average molecular weight is 220 g/mol. The van der Waals surface area contributed by atoms with Crippen LogP contribution in [0.25, 0.3) is 0 Å². The topological polar surface area (TPSA) is 34.1 Å². The van der Waals surface area contributed by atoms with Gasteiger partial charge in [-0.15, -0.1) is 0 Å². The molecule has 2 rings (SSSR count). The highest BCUT2D eigenvalue weighted by atomic mass is 16.1. The van der Waals surface area contributed by atoms with Gasteiger partial charge in [-0.1, -0.05) is 12.2 Å². The Morgan fingerprint density at radius 2 is 1.12 bits per heavy atom. The molecule has 0 aromatic heterocycles. The molecule has 0 bridgehead atoms. The minimum absolute atomic E-state index is 0.294. The van der Waals surface area contributed by atoms with Gasteiger partial charge in [0.05, 0.1) is 0 Å². The van der Waals surface area contributed by atoms with Gasteiger partial charge < -0.3 is 0 Å². The fraction of sp³-hybridized carbons (Fsp3) is 0.571. The van der Waals surface area contributed by atoms with Gasteiger partial charge in [-0.2, -0.15) is 0 Å². The van der Waals surface area contributed by atoms with Crippen molar-refractivity contribution in [2.24, 2.45) is 0 Å². The zero-order chi connectivity index (χ0) is 11.6. The first-order valence-corrected chi connectivity index (χ1v) is 6.18. The molecular weight excluding hydrogens is 200 g/mol. The quantitative estimate of drug-likeness (QED) is 0.627. The van der Waals surface area contributed by atoms with Gasteiger partial charge in [-0.25, -0.2) is 0 Å². The molecule has 88 valence electrons. The number of rotatable bonds is 0.